The van der Waals surface area contributed by atoms with Crippen molar-refractivity contribution in [2.45, 2.75) is 19.9 Å². The topological polar surface area (TPSA) is 55.1 Å². The number of carbonyl (C=O) groups is 1. The van der Waals surface area contributed by atoms with Gasteiger partial charge >= 0.3 is 0 Å². The molecule has 0 radical (unpaired) electrons. The molecule has 110 valence electrons. The lowest BCUT2D eigenvalue weighted by atomic mass is 10.0. The Morgan fingerprint density at radius 2 is 1.90 bits per heavy atom. The van der Waals surface area contributed by atoms with E-state index >= 15 is 0 Å². The molecule has 0 bridgehead atoms. The van der Waals surface area contributed by atoms with E-state index in [1.165, 1.54) is 0 Å². The van der Waals surface area contributed by atoms with Crippen LogP contribution in [0.15, 0.2) is 36.4 Å². The molecule has 0 aliphatic rings. The van der Waals surface area contributed by atoms with Gasteiger partial charge in [-0.3, -0.25) is 4.79 Å². The van der Waals surface area contributed by atoms with Crippen LogP contribution >= 0.6 is 0 Å². The van der Waals surface area contributed by atoms with E-state index < -0.39 is 23.6 Å². The Balaban J connectivity index is 2.27. The van der Waals surface area contributed by atoms with E-state index in [4.69, 9.17) is 5.73 Å². The summed E-state index contributed by atoms with van der Waals surface area (Å²) in [4.78, 5) is 11.3. The summed E-state index contributed by atoms with van der Waals surface area (Å²) >= 11 is 0. The van der Waals surface area contributed by atoms with Gasteiger partial charge in [0.15, 0.2) is 0 Å². The molecule has 0 saturated carbocycles. The molecule has 0 spiro atoms. The molecular formula is C16H16F2N2O. The molecule has 0 fully saturated rings. The maximum atomic E-state index is 13.7. The van der Waals surface area contributed by atoms with Crippen molar-refractivity contribution in [3.8, 4) is 0 Å². The minimum Gasteiger partial charge on any atom is -0.378 e. The molecule has 0 aliphatic carbocycles. The monoisotopic (exact) mass is 290 g/mol. The zero-order valence-electron chi connectivity index (χ0n) is 11.8. The van der Waals surface area contributed by atoms with Crippen LogP contribution in [0.2, 0.25) is 0 Å². The van der Waals surface area contributed by atoms with Crippen LogP contribution in [0.5, 0.6) is 0 Å². The van der Waals surface area contributed by atoms with Crippen LogP contribution in [-0.4, -0.2) is 5.91 Å². The van der Waals surface area contributed by atoms with Crippen LogP contribution in [0.4, 0.5) is 14.5 Å². The number of carbonyl (C=O) groups excluding carboxylic acids is 1. The smallest absolute Gasteiger partial charge is 0.249 e. The second-order valence-electron chi connectivity index (χ2n) is 4.93. The standard InChI is InChI=1S/C16H16F2N2O/c1-9-3-5-12(8-13(9)16(19)21)20-10(2)14-7-11(17)4-6-15(14)18/h3-8,10,20H,1-2H3,(H2,19,21). The lowest BCUT2D eigenvalue weighted by Crippen LogP contribution is -2.14. The summed E-state index contributed by atoms with van der Waals surface area (Å²) in [7, 11) is 0. The Morgan fingerprint density at radius 3 is 2.57 bits per heavy atom. The van der Waals surface area contributed by atoms with Gasteiger partial charge in [-0.2, -0.15) is 0 Å². The lowest BCUT2D eigenvalue weighted by molar-refractivity contribution is 0.0999. The third-order valence-electron chi connectivity index (χ3n) is 3.31. The Bertz CT molecular complexity index is 686. The molecule has 3 N–H and O–H groups in total. The van der Waals surface area contributed by atoms with Gasteiger partial charge in [-0.1, -0.05) is 6.07 Å². The SMILES string of the molecule is Cc1ccc(NC(C)c2cc(F)ccc2F)cc1C(N)=O. The first-order valence-corrected chi connectivity index (χ1v) is 6.50. The van der Waals surface area contributed by atoms with Crippen LogP contribution in [0.25, 0.3) is 0 Å². The third kappa shape index (κ3) is 3.37. The number of rotatable bonds is 4. The quantitative estimate of drug-likeness (QED) is 0.904. The highest BCUT2D eigenvalue weighted by atomic mass is 19.1. The van der Waals surface area contributed by atoms with E-state index in [0.29, 0.717) is 11.3 Å². The van der Waals surface area contributed by atoms with Gasteiger partial charge in [-0.05, 0) is 49.7 Å². The average Bonchev–Trinajstić information content (AvgIpc) is 2.43. The number of primary amides is 1. The number of anilines is 1. The summed E-state index contributed by atoms with van der Waals surface area (Å²) in [5.41, 5.74) is 7.29. The van der Waals surface area contributed by atoms with Gasteiger partial charge in [0.1, 0.15) is 11.6 Å². The van der Waals surface area contributed by atoms with Crippen molar-refractivity contribution >= 4 is 11.6 Å². The van der Waals surface area contributed by atoms with Crippen molar-refractivity contribution in [3.63, 3.8) is 0 Å². The number of aryl methyl sites for hydroxylation is 1. The van der Waals surface area contributed by atoms with Gasteiger partial charge in [-0.15, -0.1) is 0 Å². The lowest BCUT2D eigenvalue weighted by Gasteiger charge is -2.17. The van der Waals surface area contributed by atoms with E-state index in [2.05, 4.69) is 5.32 Å². The van der Waals surface area contributed by atoms with Crippen LogP contribution < -0.4 is 11.1 Å². The Kier molecular flexibility index (Phi) is 4.21. The van der Waals surface area contributed by atoms with Gasteiger partial charge in [0, 0.05) is 16.8 Å². The average molecular weight is 290 g/mol. The molecule has 1 atom stereocenters. The van der Waals surface area contributed by atoms with E-state index in [1.54, 1.807) is 32.0 Å². The number of benzene rings is 2. The first-order chi connectivity index (χ1) is 9.88. The van der Waals surface area contributed by atoms with Gasteiger partial charge in [0.2, 0.25) is 5.91 Å². The Morgan fingerprint density at radius 1 is 1.19 bits per heavy atom. The molecule has 5 heteroatoms. The minimum absolute atomic E-state index is 0.219. The summed E-state index contributed by atoms with van der Waals surface area (Å²) in [5.74, 6) is -1.51. The second-order valence-corrected chi connectivity index (χ2v) is 4.93. The highest BCUT2D eigenvalue weighted by Crippen LogP contribution is 2.24. The van der Waals surface area contributed by atoms with Crippen molar-refractivity contribution in [2.24, 2.45) is 5.73 Å². The molecular weight excluding hydrogens is 274 g/mol. The van der Waals surface area contributed by atoms with E-state index in [0.717, 1.165) is 23.8 Å². The first-order valence-electron chi connectivity index (χ1n) is 6.50. The number of halogens is 2. The molecule has 0 aromatic heterocycles. The summed E-state index contributed by atoms with van der Waals surface area (Å²) < 4.78 is 26.9. The summed E-state index contributed by atoms with van der Waals surface area (Å²) in [6.45, 7) is 3.49. The van der Waals surface area contributed by atoms with Crippen molar-refractivity contribution in [2.75, 3.05) is 5.32 Å². The predicted molar refractivity (Wildman–Crippen MR) is 78.1 cm³/mol. The van der Waals surface area contributed by atoms with Gasteiger partial charge in [-0.25, -0.2) is 8.78 Å². The number of nitrogens with one attached hydrogen (secondary N) is 1. The molecule has 2 aromatic carbocycles. The number of hydrogen-bond acceptors (Lipinski definition) is 2. The van der Waals surface area contributed by atoms with Crippen LogP contribution in [0, 0.1) is 18.6 Å². The molecule has 2 rings (SSSR count). The van der Waals surface area contributed by atoms with Gasteiger partial charge in [0.05, 0.1) is 6.04 Å². The van der Waals surface area contributed by atoms with Crippen LogP contribution in [-0.2, 0) is 0 Å². The third-order valence-corrected chi connectivity index (χ3v) is 3.31. The van der Waals surface area contributed by atoms with E-state index in [-0.39, 0.29) is 5.56 Å². The Hall–Kier alpha value is -2.43. The highest BCUT2D eigenvalue weighted by Gasteiger charge is 2.13. The Labute approximate surface area is 121 Å². The van der Waals surface area contributed by atoms with Crippen LogP contribution in [0.3, 0.4) is 0 Å². The van der Waals surface area contributed by atoms with E-state index in [9.17, 15) is 13.6 Å². The highest BCUT2D eigenvalue weighted by molar-refractivity contribution is 5.95. The van der Waals surface area contributed by atoms with Crippen molar-refractivity contribution in [3.05, 3.63) is 64.7 Å². The fourth-order valence-electron chi connectivity index (χ4n) is 2.15. The summed E-state index contributed by atoms with van der Waals surface area (Å²) in [6.07, 6.45) is 0. The molecule has 0 saturated heterocycles. The second kappa shape index (κ2) is 5.91. The zero-order valence-corrected chi connectivity index (χ0v) is 11.8. The van der Waals surface area contributed by atoms with E-state index in [1.807, 2.05) is 0 Å². The predicted octanol–water partition coefficient (Wildman–Crippen LogP) is 3.55. The molecule has 0 heterocycles. The molecule has 2 aromatic rings. The maximum Gasteiger partial charge on any atom is 0.249 e. The molecule has 3 nitrogen and oxygen atoms in total. The largest absolute Gasteiger partial charge is 0.378 e. The first kappa shape index (κ1) is 15.0. The summed E-state index contributed by atoms with van der Waals surface area (Å²) in [5, 5.41) is 3.03. The number of hydrogen-bond donors (Lipinski definition) is 2. The fourth-order valence-corrected chi connectivity index (χ4v) is 2.15. The minimum atomic E-state index is -0.527. The fraction of sp³-hybridized carbons (Fsp3) is 0.188. The van der Waals surface area contributed by atoms with Gasteiger partial charge < -0.3 is 11.1 Å². The van der Waals surface area contributed by atoms with Gasteiger partial charge in [0.25, 0.3) is 0 Å². The molecule has 1 unspecified atom stereocenters. The van der Waals surface area contributed by atoms with Crippen molar-refractivity contribution < 1.29 is 13.6 Å². The molecule has 0 aliphatic heterocycles. The van der Waals surface area contributed by atoms with Crippen LogP contribution in [0.1, 0.15) is 34.5 Å². The molecule has 1 amide bonds. The maximum absolute atomic E-state index is 13.7. The number of nitrogens with two attached hydrogens (primary N) is 1. The normalized spacial score (nSPS) is 12.0. The van der Waals surface area contributed by atoms with Crippen molar-refractivity contribution in [1.82, 2.24) is 0 Å². The number of amides is 1. The summed E-state index contributed by atoms with van der Waals surface area (Å²) in [6, 6.07) is 7.97. The van der Waals surface area contributed by atoms with Crippen molar-refractivity contribution in [1.29, 1.82) is 0 Å². The molecule has 21 heavy (non-hydrogen) atoms. The zero-order chi connectivity index (χ0) is 15.6.